The number of hydrogen-bond acceptors (Lipinski definition) is 1. The molecule has 1 aromatic heterocycles. The smallest absolute Gasteiger partial charge is 0.0276 e. The molecule has 0 saturated heterocycles. The molecule has 0 atom stereocenters. The summed E-state index contributed by atoms with van der Waals surface area (Å²) >= 11 is 1.79. The van der Waals surface area contributed by atoms with Crippen molar-refractivity contribution < 1.29 is 0 Å². The highest BCUT2D eigenvalue weighted by atomic mass is 32.1. The Morgan fingerprint density at radius 1 is 1.28 bits per heavy atom. The highest BCUT2D eigenvalue weighted by molar-refractivity contribution is 7.13. The van der Waals surface area contributed by atoms with Crippen molar-refractivity contribution in [3.05, 3.63) is 70.5 Å². The Bertz CT molecular complexity index is 495. The van der Waals surface area contributed by atoms with Gasteiger partial charge in [0.25, 0.3) is 0 Å². The van der Waals surface area contributed by atoms with Gasteiger partial charge >= 0.3 is 0 Å². The molecule has 1 rings (SSSR count). The van der Waals surface area contributed by atoms with Crippen LogP contribution in [0.1, 0.15) is 30.0 Å². The molecule has 0 nitrogen and oxygen atoms in total. The number of allylic oxidation sites excluding steroid dienone is 6. The summed E-state index contributed by atoms with van der Waals surface area (Å²) in [6.07, 6.45) is 13.4. The number of rotatable bonds is 6. The van der Waals surface area contributed by atoms with Crippen LogP contribution in [0.2, 0.25) is 0 Å². The Morgan fingerprint density at radius 2 is 1.94 bits per heavy atom. The summed E-state index contributed by atoms with van der Waals surface area (Å²) in [6.45, 7) is 11.8. The predicted octanol–water partition coefficient (Wildman–Crippen LogP) is 5.87. The first-order valence-electron chi connectivity index (χ1n) is 6.10. The van der Waals surface area contributed by atoms with Crippen molar-refractivity contribution in [3.63, 3.8) is 0 Å². The topological polar surface area (TPSA) is 0 Å². The predicted molar refractivity (Wildman–Crippen MR) is 85.8 cm³/mol. The largest absolute Gasteiger partial charge is 0.137 e. The van der Waals surface area contributed by atoms with Crippen molar-refractivity contribution in [2.75, 3.05) is 0 Å². The Hall–Kier alpha value is -1.60. The zero-order chi connectivity index (χ0) is 13.4. The third-order valence-electron chi connectivity index (χ3n) is 2.53. The molecular formula is C17H20S. The van der Waals surface area contributed by atoms with Crippen molar-refractivity contribution in [1.29, 1.82) is 0 Å². The lowest BCUT2D eigenvalue weighted by Crippen LogP contribution is -1.75. The fraction of sp³-hybridized carbons (Fsp3) is 0.176. The van der Waals surface area contributed by atoms with Gasteiger partial charge in [-0.3, -0.25) is 0 Å². The molecule has 1 heterocycles. The minimum absolute atomic E-state index is 0.970. The van der Waals surface area contributed by atoms with E-state index in [1.807, 2.05) is 6.92 Å². The normalized spacial score (nSPS) is 12.4. The highest BCUT2D eigenvalue weighted by Crippen LogP contribution is 2.19. The molecule has 0 aromatic carbocycles. The first-order valence-corrected chi connectivity index (χ1v) is 6.92. The Labute approximate surface area is 114 Å². The summed E-state index contributed by atoms with van der Waals surface area (Å²) < 4.78 is 0. The summed E-state index contributed by atoms with van der Waals surface area (Å²) in [5.74, 6) is 0. The van der Waals surface area contributed by atoms with Gasteiger partial charge in [0, 0.05) is 9.75 Å². The standard InChI is InChI=1S/C17H20S/c1-5-7-10-16-12-13-17(18-16)11-8-9-15(4)14(3)6-2/h6-13H,2-3,5H2,1,4H3/b10-7+,11-8+,15-9+. The monoisotopic (exact) mass is 256 g/mol. The second kappa shape index (κ2) is 7.67. The summed E-state index contributed by atoms with van der Waals surface area (Å²) in [4.78, 5) is 2.56. The maximum absolute atomic E-state index is 3.91. The number of hydrogen-bond donors (Lipinski definition) is 0. The third-order valence-corrected chi connectivity index (χ3v) is 3.54. The van der Waals surface area contributed by atoms with Gasteiger partial charge in [-0.15, -0.1) is 11.3 Å². The van der Waals surface area contributed by atoms with Crippen molar-refractivity contribution >= 4 is 23.5 Å². The van der Waals surface area contributed by atoms with Gasteiger partial charge < -0.3 is 0 Å². The van der Waals surface area contributed by atoms with Gasteiger partial charge in [-0.25, -0.2) is 0 Å². The average Bonchev–Trinajstić information content (AvgIpc) is 2.83. The van der Waals surface area contributed by atoms with Crippen LogP contribution in [0.4, 0.5) is 0 Å². The van der Waals surface area contributed by atoms with Crippen LogP contribution >= 0.6 is 11.3 Å². The molecule has 18 heavy (non-hydrogen) atoms. The Balaban J connectivity index is 2.67. The molecule has 0 aliphatic carbocycles. The van der Waals surface area contributed by atoms with Crippen molar-refractivity contribution in [3.8, 4) is 0 Å². The molecule has 0 aliphatic rings. The maximum Gasteiger partial charge on any atom is 0.0276 e. The second-order valence-corrected chi connectivity index (χ2v) is 5.14. The van der Waals surface area contributed by atoms with Crippen molar-refractivity contribution in [1.82, 2.24) is 0 Å². The van der Waals surface area contributed by atoms with E-state index in [0.29, 0.717) is 0 Å². The summed E-state index contributed by atoms with van der Waals surface area (Å²) in [5.41, 5.74) is 2.11. The minimum atomic E-state index is 0.970. The lowest BCUT2D eigenvalue weighted by Gasteiger charge is -1.95. The molecule has 0 radical (unpaired) electrons. The molecule has 0 N–H and O–H groups in total. The van der Waals surface area contributed by atoms with Crippen LogP contribution in [0.5, 0.6) is 0 Å². The molecule has 1 heteroatoms. The van der Waals surface area contributed by atoms with E-state index in [1.165, 1.54) is 9.75 Å². The number of thiophene rings is 1. The fourth-order valence-electron chi connectivity index (χ4n) is 1.34. The molecule has 0 unspecified atom stereocenters. The molecule has 0 bridgehead atoms. The Kier molecular flexibility index (Phi) is 6.16. The van der Waals surface area contributed by atoms with E-state index in [4.69, 9.17) is 0 Å². The van der Waals surface area contributed by atoms with Crippen LogP contribution < -0.4 is 0 Å². The van der Waals surface area contributed by atoms with Gasteiger partial charge in [0.05, 0.1) is 0 Å². The van der Waals surface area contributed by atoms with Gasteiger partial charge in [-0.2, -0.15) is 0 Å². The van der Waals surface area contributed by atoms with E-state index in [2.05, 4.69) is 62.6 Å². The van der Waals surface area contributed by atoms with Crippen LogP contribution in [0, 0.1) is 0 Å². The lowest BCUT2D eigenvalue weighted by atomic mass is 10.1. The highest BCUT2D eigenvalue weighted by Gasteiger charge is 1.93. The summed E-state index contributed by atoms with van der Waals surface area (Å²) in [7, 11) is 0. The van der Waals surface area contributed by atoms with Gasteiger partial charge in [0.2, 0.25) is 0 Å². The van der Waals surface area contributed by atoms with E-state index >= 15 is 0 Å². The van der Waals surface area contributed by atoms with Crippen LogP contribution in [0.25, 0.3) is 12.2 Å². The zero-order valence-electron chi connectivity index (χ0n) is 11.1. The minimum Gasteiger partial charge on any atom is -0.137 e. The summed E-state index contributed by atoms with van der Waals surface area (Å²) in [6, 6.07) is 4.29. The maximum atomic E-state index is 3.91. The molecule has 1 aromatic rings. The van der Waals surface area contributed by atoms with Crippen LogP contribution in [-0.2, 0) is 0 Å². The van der Waals surface area contributed by atoms with Crippen LogP contribution in [0.15, 0.2) is 60.7 Å². The zero-order valence-corrected chi connectivity index (χ0v) is 12.0. The average molecular weight is 256 g/mol. The fourth-order valence-corrected chi connectivity index (χ4v) is 2.19. The lowest BCUT2D eigenvalue weighted by molar-refractivity contribution is 1.23. The van der Waals surface area contributed by atoms with Crippen molar-refractivity contribution in [2.45, 2.75) is 20.3 Å². The van der Waals surface area contributed by atoms with Crippen molar-refractivity contribution in [2.24, 2.45) is 0 Å². The van der Waals surface area contributed by atoms with Crippen LogP contribution in [-0.4, -0.2) is 0 Å². The van der Waals surface area contributed by atoms with E-state index in [1.54, 1.807) is 17.4 Å². The molecule has 0 amide bonds. The summed E-state index contributed by atoms with van der Waals surface area (Å²) in [5, 5.41) is 0. The molecule has 0 saturated carbocycles. The Morgan fingerprint density at radius 3 is 2.56 bits per heavy atom. The van der Waals surface area contributed by atoms with E-state index in [-0.39, 0.29) is 0 Å². The molecule has 94 valence electrons. The van der Waals surface area contributed by atoms with E-state index in [0.717, 1.165) is 17.6 Å². The van der Waals surface area contributed by atoms with Crippen LogP contribution in [0.3, 0.4) is 0 Å². The van der Waals surface area contributed by atoms with Gasteiger partial charge in [0.1, 0.15) is 0 Å². The molecule has 0 spiro atoms. The first-order chi connectivity index (χ1) is 8.67. The SMILES string of the molecule is C=CC(=C)/C(C)=C/C=C/c1ccc(/C=C/CC)s1. The van der Waals surface area contributed by atoms with Gasteiger partial charge in [0.15, 0.2) is 0 Å². The third kappa shape index (κ3) is 4.72. The quantitative estimate of drug-likeness (QED) is 0.558. The second-order valence-electron chi connectivity index (χ2n) is 3.99. The van der Waals surface area contributed by atoms with E-state index < -0.39 is 0 Å². The molecule has 0 fully saturated rings. The first kappa shape index (κ1) is 14.5. The van der Waals surface area contributed by atoms with E-state index in [9.17, 15) is 0 Å². The molecular weight excluding hydrogens is 236 g/mol. The van der Waals surface area contributed by atoms with Gasteiger partial charge in [-0.05, 0) is 48.8 Å². The molecule has 0 aliphatic heterocycles. The van der Waals surface area contributed by atoms with Gasteiger partial charge in [-0.1, -0.05) is 44.4 Å².